The highest BCUT2D eigenvalue weighted by molar-refractivity contribution is 6.30. The second kappa shape index (κ2) is 6.18. The van der Waals surface area contributed by atoms with Gasteiger partial charge in [0.1, 0.15) is 5.82 Å². The van der Waals surface area contributed by atoms with Crippen LogP contribution < -0.4 is 5.32 Å². The van der Waals surface area contributed by atoms with Gasteiger partial charge in [-0.05, 0) is 54.8 Å². The molecule has 0 aliphatic carbocycles. The maximum Gasteiger partial charge on any atom is 0.123 e. The van der Waals surface area contributed by atoms with Crippen LogP contribution in [0.15, 0.2) is 42.5 Å². The van der Waals surface area contributed by atoms with Gasteiger partial charge in [-0.1, -0.05) is 29.8 Å². The largest absolute Gasteiger partial charge is 0.306 e. The van der Waals surface area contributed by atoms with Crippen LogP contribution in [-0.2, 0) is 6.54 Å². The molecule has 100 valence electrons. The number of benzene rings is 2. The van der Waals surface area contributed by atoms with Gasteiger partial charge in [-0.2, -0.15) is 0 Å². The van der Waals surface area contributed by atoms with Gasteiger partial charge in [-0.25, -0.2) is 4.39 Å². The van der Waals surface area contributed by atoms with Crippen molar-refractivity contribution in [2.24, 2.45) is 0 Å². The highest BCUT2D eigenvalue weighted by atomic mass is 35.5. The zero-order valence-corrected chi connectivity index (χ0v) is 11.8. The quantitative estimate of drug-likeness (QED) is 0.858. The molecule has 2 aromatic carbocycles. The van der Waals surface area contributed by atoms with E-state index in [1.807, 2.05) is 38.1 Å². The summed E-state index contributed by atoms with van der Waals surface area (Å²) in [7, 11) is 0. The van der Waals surface area contributed by atoms with Crippen molar-refractivity contribution in [3.05, 3.63) is 70.0 Å². The van der Waals surface area contributed by atoms with Crippen LogP contribution in [0.25, 0.3) is 0 Å². The summed E-state index contributed by atoms with van der Waals surface area (Å²) in [5, 5.41) is 4.14. The Kier molecular flexibility index (Phi) is 4.56. The van der Waals surface area contributed by atoms with E-state index in [-0.39, 0.29) is 11.9 Å². The van der Waals surface area contributed by atoms with Crippen molar-refractivity contribution >= 4 is 11.6 Å². The minimum atomic E-state index is -0.200. The normalized spacial score (nSPS) is 12.4. The van der Waals surface area contributed by atoms with Gasteiger partial charge in [0.05, 0.1) is 0 Å². The topological polar surface area (TPSA) is 12.0 Å². The van der Waals surface area contributed by atoms with E-state index in [1.54, 1.807) is 12.1 Å². The van der Waals surface area contributed by atoms with E-state index in [0.29, 0.717) is 0 Å². The van der Waals surface area contributed by atoms with Crippen LogP contribution >= 0.6 is 11.6 Å². The zero-order chi connectivity index (χ0) is 13.8. The van der Waals surface area contributed by atoms with Crippen LogP contribution in [0.4, 0.5) is 4.39 Å². The van der Waals surface area contributed by atoms with Crippen molar-refractivity contribution in [1.29, 1.82) is 0 Å². The highest BCUT2D eigenvalue weighted by Gasteiger charge is 2.06. The second-order valence-electron chi connectivity index (χ2n) is 4.73. The molecule has 2 aromatic rings. The van der Waals surface area contributed by atoms with E-state index in [2.05, 4.69) is 5.32 Å². The van der Waals surface area contributed by atoms with Gasteiger partial charge in [-0.3, -0.25) is 0 Å². The third-order valence-electron chi connectivity index (χ3n) is 3.25. The monoisotopic (exact) mass is 277 g/mol. The van der Waals surface area contributed by atoms with E-state index in [9.17, 15) is 4.39 Å². The lowest BCUT2D eigenvalue weighted by Gasteiger charge is -2.15. The molecular formula is C16H17ClFN. The fourth-order valence-corrected chi connectivity index (χ4v) is 2.24. The molecule has 0 aliphatic heterocycles. The Hall–Kier alpha value is -1.38. The third kappa shape index (κ3) is 3.79. The van der Waals surface area contributed by atoms with Gasteiger partial charge in [0.15, 0.2) is 0 Å². The fourth-order valence-electron chi connectivity index (χ4n) is 2.01. The molecule has 0 bridgehead atoms. The Balaban J connectivity index is 2.02. The number of aryl methyl sites for hydroxylation is 1. The summed E-state index contributed by atoms with van der Waals surface area (Å²) in [5.74, 6) is -0.200. The second-order valence-corrected chi connectivity index (χ2v) is 5.16. The molecular weight excluding hydrogens is 261 g/mol. The lowest BCUT2D eigenvalue weighted by atomic mass is 10.1. The smallest absolute Gasteiger partial charge is 0.123 e. The summed E-state index contributed by atoms with van der Waals surface area (Å²) < 4.78 is 13.2. The molecule has 19 heavy (non-hydrogen) atoms. The number of rotatable bonds is 4. The first-order valence-corrected chi connectivity index (χ1v) is 6.68. The van der Waals surface area contributed by atoms with E-state index in [0.717, 1.165) is 22.7 Å². The van der Waals surface area contributed by atoms with Gasteiger partial charge in [0, 0.05) is 17.6 Å². The van der Waals surface area contributed by atoms with Crippen molar-refractivity contribution in [2.45, 2.75) is 26.4 Å². The average molecular weight is 278 g/mol. The van der Waals surface area contributed by atoms with Crippen LogP contribution in [-0.4, -0.2) is 0 Å². The molecule has 1 N–H and O–H groups in total. The van der Waals surface area contributed by atoms with E-state index >= 15 is 0 Å². The van der Waals surface area contributed by atoms with Crippen LogP contribution in [0.1, 0.15) is 29.7 Å². The molecule has 0 saturated carbocycles. The summed E-state index contributed by atoms with van der Waals surface area (Å²) in [5.41, 5.74) is 3.31. The van der Waals surface area contributed by atoms with Gasteiger partial charge in [0.25, 0.3) is 0 Å². The first-order chi connectivity index (χ1) is 9.06. The average Bonchev–Trinajstić information content (AvgIpc) is 2.37. The van der Waals surface area contributed by atoms with Crippen molar-refractivity contribution < 1.29 is 4.39 Å². The molecule has 0 saturated heterocycles. The molecule has 0 amide bonds. The minimum absolute atomic E-state index is 0.103. The number of hydrogen-bond donors (Lipinski definition) is 1. The fraction of sp³-hybridized carbons (Fsp3) is 0.250. The van der Waals surface area contributed by atoms with E-state index in [1.165, 1.54) is 11.6 Å². The molecule has 3 heteroatoms. The summed E-state index contributed by atoms with van der Waals surface area (Å²) in [6, 6.07) is 12.6. The van der Waals surface area contributed by atoms with Crippen molar-refractivity contribution in [2.75, 3.05) is 0 Å². The van der Waals surface area contributed by atoms with Gasteiger partial charge in [0.2, 0.25) is 0 Å². The lowest BCUT2D eigenvalue weighted by Crippen LogP contribution is -2.18. The number of hydrogen-bond acceptors (Lipinski definition) is 1. The first kappa shape index (κ1) is 14.0. The molecule has 2 rings (SSSR count). The first-order valence-electron chi connectivity index (χ1n) is 6.30. The highest BCUT2D eigenvalue weighted by Crippen LogP contribution is 2.17. The molecule has 0 fully saturated rings. The molecule has 0 unspecified atom stereocenters. The maximum atomic E-state index is 13.2. The SMILES string of the molecule is Cc1cc(Cl)ccc1CN[C@H](C)c1cccc(F)c1. The Morgan fingerprint density at radius 3 is 2.68 bits per heavy atom. The predicted molar refractivity (Wildman–Crippen MR) is 77.8 cm³/mol. The van der Waals surface area contributed by atoms with Crippen LogP contribution in [0, 0.1) is 12.7 Å². The Morgan fingerprint density at radius 2 is 2.00 bits per heavy atom. The Morgan fingerprint density at radius 1 is 1.21 bits per heavy atom. The van der Waals surface area contributed by atoms with Crippen LogP contribution in [0.3, 0.4) is 0 Å². The standard InChI is InChI=1S/C16H17ClFN/c1-11-8-15(17)7-6-14(11)10-19-12(2)13-4-3-5-16(18)9-13/h3-9,12,19H,10H2,1-2H3/t12-/m1/s1. The van der Waals surface area contributed by atoms with E-state index < -0.39 is 0 Å². The van der Waals surface area contributed by atoms with Gasteiger partial charge >= 0.3 is 0 Å². The molecule has 0 spiro atoms. The van der Waals surface area contributed by atoms with Gasteiger partial charge < -0.3 is 5.32 Å². The van der Waals surface area contributed by atoms with Crippen molar-refractivity contribution in [1.82, 2.24) is 5.32 Å². The molecule has 0 aromatic heterocycles. The summed E-state index contributed by atoms with van der Waals surface area (Å²) in [6.45, 7) is 4.80. The maximum absolute atomic E-state index is 13.2. The summed E-state index contributed by atoms with van der Waals surface area (Å²) >= 11 is 5.93. The van der Waals surface area contributed by atoms with Crippen molar-refractivity contribution in [3.63, 3.8) is 0 Å². The van der Waals surface area contributed by atoms with Crippen LogP contribution in [0.5, 0.6) is 0 Å². The molecule has 0 aliphatic rings. The zero-order valence-electron chi connectivity index (χ0n) is 11.1. The van der Waals surface area contributed by atoms with Gasteiger partial charge in [-0.15, -0.1) is 0 Å². The molecule has 1 nitrogen and oxygen atoms in total. The summed E-state index contributed by atoms with van der Waals surface area (Å²) in [4.78, 5) is 0. The summed E-state index contributed by atoms with van der Waals surface area (Å²) in [6.07, 6.45) is 0. The van der Waals surface area contributed by atoms with Crippen LogP contribution in [0.2, 0.25) is 5.02 Å². The lowest BCUT2D eigenvalue weighted by molar-refractivity contribution is 0.564. The minimum Gasteiger partial charge on any atom is -0.306 e. The molecule has 0 heterocycles. The predicted octanol–water partition coefficient (Wildman–Crippen LogP) is 4.64. The van der Waals surface area contributed by atoms with Crippen molar-refractivity contribution in [3.8, 4) is 0 Å². The molecule has 0 radical (unpaired) electrons. The molecule has 1 atom stereocenters. The Labute approximate surface area is 118 Å². The number of nitrogens with one attached hydrogen (secondary N) is 1. The number of halogens is 2. The third-order valence-corrected chi connectivity index (χ3v) is 3.49. The van der Waals surface area contributed by atoms with E-state index in [4.69, 9.17) is 11.6 Å². The Bertz CT molecular complexity index is 568.